The van der Waals surface area contributed by atoms with Gasteiger partial charge >= 0.3 is 0 Å². The van der Waals surface area contributed by atoms with Gasteiger partial charge in [0.2, 0.25) is 10.0 Å². The Hall–Kier alpha value is -1.67. The molecule has 27 heavy (non-hydrogen) atoms. The van der Waals surface area contributed by atoms with Crippen molar-refractivity contribution in [2.24, 2.45) is 5.92 Å². The van der Waals surface area contributed by atoms with Gasteiger partial charge in [0.25, 0.3) is 5.91 Å². The Morgan fingerprint density at radius 2 is 1.85 bits per heavy atom. The highest BCUT2D eigenvalue weighted by Gasteiger charge is 2.27. The number of nitrogens with zero attached hydrogens (tertiary/aromatic N) is 3. The molecule has 1 aromatic rings. The van der Waals surface area contributed by atoms with Crippen molar-refractivity contribution in [2.45, 2.75) is 46.6 Å². The fourth-order valence-electron chi connectivity index (χ4n) is 3.26. The van der Waals surface area contributed by atoms with Crippen LogP contribution in [0.15, 0.2) is 6.07 Å². The van der Waals surface area contributed by atoms with E-state index < -0.39 is 10.0 Å². The van der Waals surface area contributed by atoms with Crippen LogP contribution in [0.4, 0.5) is 5.82 Å². The SMILES string of the molecule is CC(C)CS(=O)(=O)N1CCc2cc(C(=O)NC(C)C)c(N(C)C)nc2CC1. The highest BCUT2D eigenvalue weighted by atomic mass is 32.2. The minimum absolute atomic E-state index is 0.0305. The van der Waals surface area contributed by atoms with Gasteiger partial charge in [0.1, 0.15) is 5.82 Å². The maximum Gasteiger partial charge on any atom is 0.255 e. The molecule has 0 atom stereocenters. The molecule has 1 aromatic heterocycles. The van der Waals surface area contributed by atoms with E-state index >= 15 is 0 Å². The molecule has 0 unspecified atom stereocenters. The molecule has 152 valence electrons. The minimum Gasteiger partial charge on any atom is -0.362 e. The Balaban J connectivity index is 2.34. The molecule has 1 aliphatic heterocycles. The van der Waals surface area contributed by atoms with Crippen LogP contribution in [-0.4, -0.2) is 62.6 Å². The molecule has 0 radical (unpaired) electrons. The number of pyridine rings is 1. The summed E-state index contributed by atoms with van der Waals surface area (Å²) in [6.45, 7) is 8.52. The van der Waals surface area contributed by atoms with Crippen LogP contribution in [0, 0.1) is 5.92 Å². The van der Waals surface area contributed by atoms with Gasteiger partial charge < -0.3 is 10.2 Å². The first kappa shape index (κ1) is 21.6. The van der Waals surface area contributed by atoms with Gasteiger partial charge in [-0.3, -0.25) is 4.79 Å². The van der Waals surface area contributed by atoms with Gasteiger partial charge in [-0.15, -0.1) is 0 Å². The number of nitrogens with one attached hydrogen (secondary N) is 1. The predicted molar refractivity (Wildman–Crippen MR) is 109 cm³/mol. The monoisotopic (exact) mass is 396 g/mol. The van der Waals surface area contributed by atoms with Gasteiger partial charge in [-0.05, 0) is 37.8 Å². The van der Waals surface area contributed by atoms with Gasteiger partial charge in [-0.2, -0.15) is 0 Å². The summed E-state index contributed by atoms with van der Waals surface area (Å²) < 4.78 is 26.8. The molecule has 8 heteroatoms. The molecule has 7 nitrogen and oxygen atoms in total. The Bertz CT molecular complexity index is 788. The van der Waals surface area contributed by atoms with Crippen molar-refractivity contribution in [3.05, 3.63) is 22.9 Å². The van der Waals surface area contributed by atoms with Crippen LogP contribution < -0.4 is 10.2 Å². The summed E-state index contributed by atoms with van der Waals surface area (Å²) >= 11 is 0. The fourth-order valence-corrected chi connectivity index (χ4v) is 5.05. The first-order valence-electron chi connectivity index (χ1n) is 9.50. The average molecular weight is 397 g/mol. The Morgan fingerprint density at radius 3 is 2.41 bits per heavy atom. The summed E-state index contributed by atoms with van der Waals surface area (Å²) in [5, 5.41) is 2.92. The summed E-state index contributed by atoms with van der Waals surface area (Å²) in [7, 11) is 0.440. The number of fused-ring (bicyclic) bond motifs is 1. The number of sulfonamides is 1. The molecule has 1 N–H and O–H groups in total. The maximum atomic E-state index is 12.6. The smallest absolute Gasteiger partial charge is 0.255 e. The maximum absolute atomic E-state index is 12.6. The van der Waals surface area contributed by atoms with Crippen molar-refractivity contribution in [1.82, 2.24) is 14.6 Å². The van der Waals surface area contributed by atoms with Crippen LogP contribution in [0.3, 0.4) is 0 Å². The second-order valence-corrected chi connectivity index (χ2v) is 10.1. The van der Waals surface area contributed by atoms with Crippen molar-refractivity contribution in [1.29, 1.82) is 0 Å². The highest BCUT2D eigenvalue weighted by molar-refractivity contribution is 7.89. The first-order valence-corrected chi connectivity index (χ1v) is 11.1. The number of aromatic nitrogens is 1. The van der Waals surface area contributed by atoms with E-state index in [0.717, 1.165) is 11.3 Å². The van der Waals surface area contributed by atoms with Crippen LogP contribution in [-0.2, 0) is 22.9 Å². The molecule has 1 aliphatic rings. The third-order valence-corrected chi connectivity index (χ3v) is 6.66. The Morgan fingerprint density at radius 1 is 1.22 bits per heavy atom. The van der Waals surface area contributed by atoms with Crippen molar-refractivity contribution < 1.29 is 13.2 Å². The topological polar surface area (TPSA) is 82.6 Å². The zero-order valence-corrected chi connectivity index (χ0v) is 18.1. The quantitative estimate of drug-likeness (QED) is 0.791. The summed E-state index contributed by atoms with van der Waals surface area (Å²) in [5.41, 5.74) is 2.37. The fraction of sp³-hybridized carbons (Fsp3) is 0.684. The molecule has 0 saturated heterocycles. The van der Waals surface area contributed by atoms with Crippen molar-refractivity contribution in [2.75, 3.05) is 37.8 Å². The van der Waals surface area contributed by atoms with Crippen molar-refractivity contribution in [3.8, 4) is 0 Å². The van der Waals surface area contributed by atoms with Gasteiger partial charge in [0.15, 0.2) is 0 Å². The van der Waals surface area contributed by atoms with E-state index in [-0.39, 0.29) is 23.6 Å². The van der Waals surface area contributed by atoms with Crippen LogP contribution in [0.25, 0.3) is 0 Å². The van der Waals surface area contributed by atoms with Crippen LogP contribution in [0.2, 0.25) is 0 Å². The van der Waals surface area contributed by atoms with E-state index in [4.69, 9.17) is 4.98 Å². The first-order chi connectivity index (χ1) is 12.5. The molecule has 0 aromatic carbocycles. The van der Waals surface area contributed by atoms with Gasteiger partial charge in [-0.1, -0.05) is 13.8 Å². The van der Waals surface area contributed by atoms with E-state index in [1.165, 1.54) is 0 Å². The zero-order valence-electron chi connectivity index (χ0n) is 17.2. The lowest BCUT2D eigenvalue weighted by molar-refractivity contribution is 0.0943. The third-order valence-electron chi connectivity index (χ3n) is 4.42. The average Bonchev–Trinajstić information content (AvgIpc) is 2.74. The van der Waals surface area contributed by atoms with Gasteiger partial charge in [-0.25, -0.2) is 17.7 Å². The van der Waals surface area contributed by atoms with Gasteiger partial charge in [0, 0.05) is 45.3 Å². The molecule has 0 spiro atoms. The second-order valence-electron chi connectivity index (χ2n) is 8.06. The standard InChI is InChI=1S/C19H32N4O3S/c1-13(2)12-27(25,26)23-9-7-15-11-16(19(24)20-14(3)4)18(22(5)6)21-17(15)8-10-23/h11,13-14H,7-10,12H2,1-6H3,(H,20,24). The number of amides is 1. The molecular formula is C19H32N4O3S. The lowest BCUT2D eigenvalue weighted by Crippen LogP contribution is -2.36. The third kappa shape index (κ3) is 5.42. The lowest BCUT2D eigenvalue weighted by Gasteiger charge is -2.20. The summed E-state index contributed by atoms with van der Waals surface area (Å²) in [6.07, 6.45) is 1.12. The van der Waals surface area contributed by atoms with Gasteiger partial charge in [0.05, 0.1) is 11.3 Å². The van der Waals surface area contributed by atoms with Crippen molar-refractivity contribution in [3.63, 3.8) is 0 Å². The Labute approximate surface area is 163 Å². The number of rotatable bonds is 6. The number of hydrogen-bond donors (Lipinski definition) is 1. The van der Waals surface area contributed by atoms with E-state index in [9.17, 15) is 13.2 Å². The molecule has 0 fully saturated rings. The summed E-state index contributed by atoms with van der Waals surface area (Å²) in [5.74, 6) is 0.704. The van der Waals surface area contributed by atoms with Crippen LogP contribution >= 0.6 is 0 Å². The molecule has 2 heterocycles. The molecule has 1 amide bonds. The summed E-state index contributed by atoms with van der Waals surface area (Å²) in [4.78, 5) is 19.2. The molecule has 0 saturated carbocycles. The van der Waals surface area contributed by atoms with E-state index in [0.29, 0.717) is 37.3 Å². The zero-order chi connectivity index (χ0) is 20.4. The largest absolute Gasteiger partial charge is 0.362 e. The number of carbonyl (C=O) groups excluding carboxylic acids is 1. The van der Waals surface area contributed by atoms with Crippen molar-refractivity contribution >= 4 is 21.7 Å². The Kier molecular flexibility index (Phi) is 6.86. The second kappa shape index (κ2) is 8.56. The predicted octanol–water partition coefficient (Wildman–Crippen LogP) is 1.67. The molecule has 0 aliphatic carbocycles. The molecule has 2 rings (SSSR count). The molecule has 0 bridgehead atoms. The van der Waals surface area contributed by atoms with E-state index in [2.05, 4.69) is 5.32 Å². The van der Waals surface area contributed by atoms with E-state index in [1.54, 1.807) is 4.31 Å². The normalized spacial score (nSPS) is 15.6. The number of carbonyl (C=O) groups is 1. The number of anilines is 1. The lowest BCUT2D eigenvalue weighted by atomic mass is 10.0. The molecular weight excluding hydrogens is 364 g/mol. The number of hydrogen-bond acceptors (Lipinski definition) is 5. The minimum atomic E-state index is -3.28. The van der Waals surface area contributed by atoms with Crippen LogP contribution in [0.5, 0.6) is 0 Å². The highest BCUT2D eigenvalue weighted by Crippen LogP contribution is 2.24. The summed E-state index contributed by atoms with van der Waals surface area (Å²) in [6, 6.07) is 1.91. The van der Waals surface area contributed by atoms with E-state index in [1.807, 2.05) is 52.8 Å². The van der Waals surface area contributed by atoms with Crippen LogP contribution in [0.1, 0.15) is 49.3 Å².